The maximum absolute atomic E-state index is 10.5. The van der Waals surface area contributed by atoms with Crippen LogP contribution in [0.4, 0.5) is 5.69 Å². The molecule has 0 saturated carbocycles. The Kier molecular flexibility index (Phi) is 4.54. The van der Waals surface area contributed by atoms with Gasteiger partial charge in [0.15, 0.2) is 0 Å². The van der Waals surface area contributed by atoms with Gasteiger partial charge in [0.05, 0.1) is 11.1 Å². The Bertz CT molecular complexity index is 345. The van der Waals surface area contributed by atoms with E-state index >= 15 is 0 Å². The minimum atomic E-state index is -1.20. The van der Waals surface area contributed by atoms with Gasteiger partial charge in [0.2, 0.25) is 0 Å². The summed E-state index contributed by atoms with van der Waals surface area (Å²) in [6.45, 7) is 0. The van der Waals surface area contributed by atoms with Gasteiger partial charge in [0, 0.05) is 33.0 Å². The molecule has 5 nitrogen and oxygen atoms in total. The van der Waals surface area contributed by atoms with E-state index in [0.29, 0.717) is 0 Å². The molecule has 0 amide bonds. The number of carboxylic acids is 2. The smallest absolute Gasteiger partial charge is 0.335 e. The number of carboxylic acid groups (broad SMARTS) is 2. The summed E-state index contributed by atoms with van der Waals surface area (Å²) in [7, 11) is 0. The van der Waals surface area contributed by atoms with Gasteiger partial charge in [0.1, 0.15) is 0 Å². The third kappa shape index (κ3) is 2.98. The summed E-state index contributed by atoms with van der Waals surface area (Å²) in [5.41, 5.74) is 5.18. The van der Waals surface area contributed by atoms with Gasteiger partial charge in [-0.2, -0.15) is 0 Å². The summed E-state index contributed by atoms with van der Waals surface area (Å²) in [5.74, 6) is -2.40. The molecular weight excluding hydrogens is 287 g/mol. The predicted molar refractivity (Wildman–Crippen MR) is 44.8 cm³/mol. The molecule has 4 N–H and O–H groups in total. The quantitative estimate of drug-likeness (QED) is 0.549. The number of rotatable bonds is 2. The fourth-order valence-electron chi connectivity index (χ4n) is 0.899. The molecule has 0 aromatic heterocycles. The largest absolute Gasteiger partial charge is 0.478 e. The Balaban J connectivity index is 0.00000169. The van der Waals surface area contributed by atoms with Crippen molar-refractivity contribution in [2.24, 2.45) is 0 Å². The van der Waals surface area contributed by atoms with Gasteiger partial charge in [0.25, 0.3) is 0 Å². The van der Waals surface area contributed by atoms with Crippen LogP contribution in [0.1, 0.15) is 20.7 Å². The molecule has 14 heavy (non-hydrogen) atoms. The minimum Gasteiger partial charge on any atom is -0.478 e. The van der Waals surface area contributed by atoms with Gasteiger partial charge in [-0.1, -0.05) is 0 Å². The second-order valence-electron chi connectivity index (χ2n) is 2.45. The predicted octanol–water partition coefficient (Wildman–Crippen LogP) is 0.663. The molecule has 0 unspecified atom stereocenters. The Morgan fingerprint density at radius 2 is 1.36 bits per heavy atom. The van der Waals surface area contributed by atoms with Crippen LogP contribution in [0.5, 0.6) is 0 Å². The number of hydrogen-bond acceptors (Lipinski definition) is 3. The first-order chi connectivity index (χ1) is 6.00. The number of aromatic carboxylic acids is 2. The van der Waals surface area contributed by atoms with E-state index in [2.05, 4.69) is 0 Å². The number of nitrogen functional groups attached to an aromatic ring is 1. The van der Waals surface area contributed by atoms with Crippen LogP contribution < -0.4 is 5.73 Å². The monoisotopic (exact) mass is 295 g/mol. The Morgan fingerprint density at radius 3 is 1.64 bits per heavy atom. The number of anilines is 1. The van der Waals surface area contributed by atoms with E-state index < -0.39 is 11.9 Å². The Morgan fingerprint density at radius 1 is 1.00 bits per heavy atom. The van der Waals surface area contributed by atoms with E-state index in [-0.39, 0.29) is 44.1 Å². The summed E-state index contributed by atoms with van der Waals surface area (Å²) < 4.78 is 0. The summed E-state index contributed by atoms with van der Waals surface area (Å²) in [6.07, 6.45) is 0. The third-order valence-electron chi connectivity index (χ3n) is 1.45. The van der Waals surface area contributed by atoms with Crippen LogP contribution in [-0.2, 0) is 27.3 Å². The Labute approximate surface area is 99.7 Å². The molecule has 0 saturated heterocycles. The molecule has 0 aliphatic rings. The third-order valence-corrected chi connectivity index (χ3v) is 1.45. The maximum Gasteiger partial charge on any atom is 0.335 e. The molecule has 1 aromatic rings. The van der Waals surface area contributed by atoms with Gasteiger partial charge in [-0.3, -0.25) is 0 Å². The van der Waals surface area contributed by atoms with Crippen LogP contribution >= 0.6 is 0 Å². The topological polar surface area (TPSA) is 101 Å². The fourth-order valence-corrected chi connectivity index (χ4v) is 0.899. The molecule has 70 valence electrons. The summed E-state index contributed by atoms with van der Waals surface area (Å²) in [6, 6.07) is 3.46. The molecular formula is C8H7CdNO4. The molecule has 1 aromatic carbocycles. The second-order valence-corrected chi connectivity index (χ2v) is 2.45. The first kappa shape index (κ1) is 12.9. The van der Waals surface area contributed by atoms with Crippen molar-refractivity contribution in [3.8, 4) is 0 Å². The van der Waals surface area contributed by atoms with E-state index in [1.807, 2.05) is 0 Å². The standard InChI is InChI=1S/C8H7NO4.Cd/c9-6-2-4(7(10)11)1-5(3-6)8(12)13;/h1-3H,9H2,(H,10,11)(H,12,13);. The van der Waals surface area contributed by atoms with Crippen molar-refractivity contribution in [1.29, 1.82) is 0 Å². The normalized spacial score (nSPS) is 8.86. The average Bonchev–Trinajstić information content (AvgIpc) is 2.03. The number of carbonyl (C=O) groups is 2. The molecule has 0 fully saturated rings. The van der Waals surface area contributed by atoms with Crippen LogP contribution in [0.15, 0.2) is 18.2 Å². The van der Waals surface area contributed by atoms with Gasteiger partial charge in [-0.25, -0.2) is 9.59 Å². The van der Waals surface area contributed by atoms with Crippen LogP contribution in [0.3, 0.4) is 0 Å². The molecule has 6 heteroatoms. The van der Waals surface area contributed by atoms with Gasteiger partial charge >= 0.3 is 11.9 Å². The molecule has 0 aliphatic heterocycles. The summed E-state index contributed by atoms with van der Waals surface area (Å²) in [4.78, 5) is 21.0. The average molecular weight is 294 g/mol. The van der Waals surface area contributed by atoms with E-state index in [1.165, 1.54) is 12.1 Å². The van der Waals surface area contributed by atoms with E-state index in [9.17, 15) is 9.59 Å². The summed E-state index contributed by atoms with van der Waals surface area (Å²) >= 11 is 0. The molecule has 0 heterocycles. The van der Waals surface area contributed by atoms with Crippen LogP contribution in [0, 0.1) is 0 Å². The van der Waals surface area contributed by atoms with Crippen molar-refractivity contribution < 1.29 is 47.1 Å². The van der Waals surface area contributed by atoms with E-state index in [4.69, 9.17) is 15.9 Å². The fraction of sp³-hybridized carbons (Fsp3) is 0. The number of nitrogens with two attached hydrogens (primary N) is 1. The minimum absolute atomic E-state index is 0. The zero-order valence-corrected chi connectivity index (χ0v) is 11.3. The molecule has 1 rings (SSSR count). The van der Waals surface area contributed by atoms with Crippen molar-refractivity contribution in [2.45, 2.75) is 0 Å². The molecule has 0 aliphatic carbocycles. The van der Waals surface area contributed by atoms with Crippen molar-refractivity contribution in [1.82, 2.24) is 0 Å². The number of hydrogen-bond donors (Lipinski definition) is 3. The van der Waals surface area contributed by atoms with Crippen molar-refractivity contribution in [2.75, 3.05) is 5.73 Å². The van der Waals surface area contributed by atoms with Crippen molar-refractivity contribution >= 4 is 17.6 Å². The Hall–Kier alpha value is -1.12. The first-order valence-electron chi connectivity index (χ1n) is 3.38. The first-order valence-corrected chi connectivity index (χ1v) is 3.38. The zero-order valence-electron chi connectivity index (χ0n) is 7.23. The zero-order chi connectivity index (χ0) is 10.0. The van der Waals surface area contributed by atoms with Crippen LogP contribution in [0.25, 0.3) is 0 Å². The summed E-state index contributed by atoms with van der Waals surface area (Å²) in [5, 5.41) is 17.1. The van der Waals surface area contributed by atoms with Crippen molar-refractivity contribution in [3.05, 3.63) is 29.3 Å². The van der Waals surface area contributed by atoms with Gasteiger partial charge in [-0.05, 0) is 18.2 Å². The SMILES string of the molecule is Nc1cc(C(=O)O)cc(C(=O)O)c1.[Cd]. The molecule has 0 radical (unpaired) electrons. The van der Waals surface area contributed by atoms with E-state index in [1.54, 1.807) is 0 Å². The maximum atomic E-state index is 10.5. The molecule has 0 spiro atoms. The molecule has 0 bridgehead atoms. The van der Waals surface area contributed by atoms with Gasteiger partial charge in [-0.15, -0.1) is 0 Å². The molecule has 0 atom stereocenters. The van der Waals surface area contributed by atoms with Crippen LogP contribution in [0.2, 0.25) is 0 Å². The van der Waals surface area contributed by atoms with Crippen LogP contribution in [-0.4, -0.2) is 22.2 Å². The van der Waals surface area contributed by atoms with Gasteiger partial charge < -0.3 is 15.9 Å². The van der Waals surface area contributed by atoms with Crippen molar-refractivity contribution in [3.63, 3.8) is 0 Å². The number of benzene rings is 1. The van der Waals surface area contributed by atoms with E-state index in [0.717, 1.165) is 6.07 Å². The second kappa shape index (κ2) is 4.94.